The van der Waals surface area contributed by atoms with E-state index in [1.807, 2.05) is 24.4 Å². The highest BCUT2D eigenvalue weighted by Crippen LogP contribution is 2.22. The zero-order chi connectivity index (χ0) is 15.0. The summed E-state index contributed by atoms with van der Waals surface area (Å²) >= 11 is 2.93. The fourth-order valence-corrected chi connectivity index (χ4v) is 4.91. The summed E-state index contributed by atoms with van der Waals surface area (Å²) in [7, 11) is -3.64. The van der Waals surface area contributed by atoms with E-state index in [-0.39, 0.29) is 11.6 Å². The third-order valence-electron chi connectivity index (χ3n) is 2.94. The highest BCUT2D eigenvalue weighted by molar-refractivity contribution is 7.89. The molecule has 112 valence electrons. The van der Waals surface area contributed by atoms with Gasteiger partial charge in [-0.2, -0.15) is 9.61 Å². The van der Waals surface area contributed by atoms with Crippen LogP contribution < -0.4 is 4.72 Å². The molecular formula is C12H14N4O2S3. The zero-order valence-corrected chi connectivity index (χ0v) is 14.0. The summed E-state index contributed by atoms with van der Waals surface area (Å²) in [6.07, 6.45) is 0.759. The lowest BCUT2D eigenvalue weighted by Gasteiger charge is -2.04. The molecule has 0 unspecified atom stereocenters. The fraction of sp³-hybridized carbons (Fsp3) is 0.333. The Morgan fingerprint density at radius 2 is 2.24 bits per heavy atom. The molecule has 0 saturated carbocycles. The number of thiophene rings is 1. The molecule has 0 aromatic carbocycles. The van der Waals surface area contributed by atoms with E-state index in [9.17, 15) is 8.42 Å². The molecule has 3 rings (SSSR count). The number of hydrogen-bond donors (Lipinski definition) is 1. The van der Waals surface area contributed by atoms with Crippen molar-refractivity contribution in [1.29, 1.82) is 0 Å². The molecule has 9 heteroatoms. The van der Waals surface area contributed by atoms with E-state index in [2.05, 4.69) is 14.8 Å². The summed E-state index contributed by atoms with van der Waals surface area (Å²) in [5, 5.41) is 7.23. The summed E-state index contributed by atoms with van der Waals surface area (Å²) in [6, 6.07) is 3.79. The lowest BCUT2D eigenvalue weighted by molar-refractivity contribution is 0.572. The van der Waals surface area contributed by atoms with Crippen LogP contribution in [0.15, 0.2) is 22.5 Å². The number of nitrogens with one attached hydrogen (secondary N) is 1. The highest BCUT2D eigenvalue weighted by atomic mass is 32.2. The van der Waals surface area contributed by atoms with Gasteiger partial charge < -0.3 is 0 Å². The highest BCUT2D eigenvalue weighted by Gasteiger charge is 2.25. The van der Waals surface area contributed by atoms with Crippen LogP contribution in [0.25, 0.3) is 4.96 Å². The van der Waals surface area contributed by atoms with Crippen LogP contribution >= 0.6 is 22.7 Å². The zero-order valence-electron chi connectivity index (χ0n) is 11.5. The van der Waals surface area contributed by atoms with Crippen LogP contribution in [0.4, 0.5) is 0 Å². The fourth-order valence-electron chi connectivity index (χ4n) is 1.97. The van der Waals surface area contributed by atoms with Gasteiger partial charge in [0.25, 0.3) is 10.0 Å². The average molecular weight is 342 g/mol. The predicted molar refractivity (Wildman–Crippen MR) is 83.3 cm³/mol. The van der Waals surface area contributed by atoms with Crippen molar-refractivity contribution in [1.82, 2.24) is 19.3 Å². The van der Waals surface area contributed by atoms with Crippen LogP contribution in [0.2, 0.25) is 0 Å². The minimum Gasteiger partial charge on any atom is -0.221 e. The van der Waals surface area contributed by atoms with Gasteiger partial charge in [0.15, 0.2) is 5.03 Å². The Bertz CT molecular complexity index is 862. The Morgan fingerprint density at radius 3 is 2.90 bits per heavy atom. The van der Waals surface area contributed by atoms with Gasteiger partial charge in [-0.3, -0.25) is 0 Å². The second-order valence-corrected chi connectivity index (χ2v) is 8.21. The van der Waals surface area contributed by atoms with Crippen molar-refractivity contribution in [2.24, 2.45) is 0 Å². The topological polar surface area (TPSA) is 76.4 Å². The van der Waals surface area contributed by atoms with Crippen molar-refractivity contribution in [3.05, 3.63) is 33.1 Å². The first-order valence-corrected chi connectivity index (χ1v) is 9.56. The third-order valence-corrected chi connectivity index (χ3v) is 6.37. The monoisotopic (exact) mass is 342 g/mol. The van der Waals surface area contributed by atoms with E-state index in [4.69, 9.17) is 0 Å². The molecule has 0 atom stereocenters. The maximum Gasteiger partial charge on any atom is 0.260 e. The van der Waals surface area contributed by atoms with Crippen LogP contribution in [0, 0.1) is 6.92 Å². The Hall–Kier alpha value is -1.29. The van der Waals surface area contributed by atoms with Gasteiger partial charge >= 0.3 is 0 Å². The number of sulfonamides is 1. The number of hydrogen-bond acceptors (Lipinski definition) is 6. The van der Waals surface area contributed by atoms with Crippen molar-refractivity contribution >= 4 is 37.7 Å². The summed E-state index contributed by atoms with van der Waals surface area (Å²) in [5.41, 5.74) is 0.468. The molecule has 0 aliphatic heterocycles. The maximum atomic E-state index is 12.5. The quantitative estimate of drug-likeness (QED) is 0.771. The van der Waals surface area contributed by atoms with E-state index in [1.54, 1.807) is 6.92 Å². The molecule has 0 spiro atoms. The normalized spacial score (nSPS) is 12.3. The van der Waals surface area contributed by atoms with Crippen LogP contribution in [0.3, 0.4) is 0 Å². The Balaban J connectivity index is 1.97. The summed E-state index contributed by atoms with van der Waals surface area (Å²) < 4.78 is 29.1. The van der Waals surface area contributed by atoms with E-state index in [0.717, 1.165) is 16.3 Å². The van der Waals surface area contributed by atoms with Gasteiger partial charge in [0.1, 0.15) is 5.01 Å². The van der Waals surface area contributed by atoms with E-state index < -0.39 is 10.0 Å². The summed E-state index contributed by atoms with van der Waals surface area (Å²) in [6.45, 7) is 3.94. The number of aromatic nitrogens is 3. The second kappa shape index (κ2) is 5.48. The number of fused-ring (bicyclic) bond motifs is 1. The Kier molecular flexibility index (Phi) is 3.82. The van der Waals surface area contributed by atoms with Crippen LogP contribution in [-0.2, 0) is 23.0 Å². The largest absolute Gasteiger partial charge is 0.260 e. The number of aryl methyl sites for hydroxylation is 2. The number of imidazole rings is 1. The lowest BCUT2D eigenvalue weighted by atomic mass is 10.5. The van der Waals surface area contributed by atoms with Gasteiger partial charge in [0, 0.05) is 11.4 Å². The van der Waals surface area contributed by atoms with Gasteiger partial charge in [-0.15, -0.1) is 11.3 Å². The summed E-state index contributed by atoms with van der Waals surface area (Å²) in [5.74, 6) is 0. The Labute approximate surface area is 130 Å². The van der Waals surface area contributed by atoms with Crippen LogP contribution in [0.5, 0.6) is 0 Å². The van der Waals surface area contributed by atoms with Crippen molar-refractivity contribution in [2.45, 2.75) is 31.8 Å². The molecular weight excluding hydrogens is 328 g/mol. The number of nitrogens with zero attached hydrogens (tertiary/aromatic N) is 3. The second-order valence-electron chi connectivity index (χ2n) is 4.45. The first kappa shape index (κ1) is 14.6. The molecule has 6 nitrogen and oxygen atoms in total. The first-order chi connectivity index (χ1) is 10.0. The third kappa shape index (κ3) is 2.73. The predicted octanol–water partition coefficient (Wildman–Crippen LogP) is 2.20. The molecule has 21 heavy (non-hydrogen) atoms. The van der Waals surface area contributed by atoms with Gasteiger partial charge in [-0.25, -0.2) is 18.1 Å². The van der Waals surface area contributed by atoms with Gasteiger partial charge in [0.05, 0.1) is 5.69 Å². The molecule has 3 heterocycles. The molecule has 0 fully saturated rings. The van der Waals surface area contributed by atoms with Crippen molar-refractivity contribution in [3.63, 3.8) is 0 Å². The SMILES string of the molecule is CCc1nn2c(S(=O)(=O)NCc3cccs3)c(C)nc2s1. The van der Waals surface area contributed by atoms with Gasteiger partial charge in [0.2, 0.25) is 4.96 Å². The van der Waals surface area contributed by atoms with Crippen molar-refractivity contribution in [3.8, 4) is 0 Å². The molecule has 0 radical (unpaired) electrons. The van der Waals surface area contributed by atoms with Crippen molar-refractivity contribution < 1.29 is 8.42 Å². The van der Waals surface area contributed by atoms with Crippen molar-refractivity contribution in [2.75, 3.05) is 0 Å². The molecule has 0 amide bonds. The van der Waals surface area contributed by atoms with E-state index in [0.29, 0.717) is 10.7 Å². The molecule has 0 bridgehead atoms. The molecule has 0 aliphatic carbocycles. The number of rotatable bonds is 5. The molecule has 0 aliphatic rings. The smallest absolute Gasteiger partial charge is 0.221 e. The summed E-state index contributed by atoms with van der Waals surface area (Å²) in [4.78, 5) is 5.87. The molecule has 3 aromatic rings. The first-order valence-electron chi connectivity index (χ1n) is 6.38. The van der Waals surface area contributed by atoms with E-state index in [1.165, 1.54) is 27.2 Å². The van der Waals surface area contributed by atoms with E-state index >= 15 is 0 Å². The van der Waals surface area contributed by atoms with Crippen LogP contribution in [0.1, 0.15) is 22.5 Å². The minimum atomic E-state index is -3.64. The lowest BCUT2D eigenvalue weighted by Crippen LogP contribution is -2.25. The Morgan fingerprint density at radius 1 is 1.43 bits per heavy atom. The molecule has 0 saturated heterocycles. The minimum absolute atomic E-state index is 0.130. The van der Waals surface area contributed by atoms with Crippen LogP contribution in [-0.4, -0.2) is 23.0 Å². The van der Waals surface area contributed by atoms with Gasteiger partial charge in [-0.05, 0) is 24.8 Å². The standard InChI is InChI=1S/C12H14N4O2S3/c1-3-10-15-16-11(8(2)14-12(16)20-10)21(17,18)13-7-9-5-4-6-19-9/h4-6,13H,3,7H2,1-2H3. The maximum absolute atomic E-state index is 12.5. The average Bonchev–Trinajstić information content (AvgIpc) is 3.10. The molecule has 3 aromatic heterocycles. The molecule has 1 N–H and O–H groups in total. The van der Waals surface area contributed by atoms with Gasteiger partial charge in [-0.1, -0.05) is 24.3 Å².